The van der Waals surface area contributed by atoms with E-state index in [4.69, 9.17) is 4.74 Å². The lowest BCUT2D eigenvalue weighted by molar-refractivity contribution is 0.176. The van der Waals surface area contributed by atoms with Crippen molar-refractivity contribution >= 4 is 28.3 Å². The number of methoxy groups -OCH3 is 1. The third-order valence-corrected chi connectivity index (χ3v) is 4.63. The van der Waals surface area contributed by atoms with Crippen LogP contribution in [0.1, 0.15) is 25.3 Å². The summed E-state index contributed by atoms with van der Waals surface area (Å²) in [5, 5.41) is 3.46. The number of hydrogen-bond donors (Lipinski definition) is 1. The number of nitrogens with one attached hydrogen (secondary N) is 1. The first-order chi connectivity index (χ1) is 9.72. The van der Waals surface area contributed by atoms with Crippen molar-refractivity contribution < 1.29 is 4.74 Å². The Bertz CT molecular complexity index is 423. The quantitative estimate of drug-likeness (QED) is 0.818. The zero-order valence-electron chi connectivity index (χ0n) is 12.9. The first kappa shape index (κ1) is 18.8. The van der Waals surface area contributed by atoms with Gasteiger partial charge in [-0.05, 0) is 78.6 Å². The van der Waals surface area contributed by atoms with Gasteiger partial charge in [-0.2, -0.15) is 0 Å². The SMILES string of the molecule is CCNCC1CCN(Cc2ccc(OC)c(Br)c2)CC1.Cl. The third kappa shape index (κ3) is 5.78. The molecular formula is C16H26BrClN2O. The standard InChI is InChI=1S/C16H25BrN2O.ClH/c1-3-18-11-13-6-8-19(9-7-13)12-14-4-5-16(20-2)15(17)10-14;/h4-5,10,13,18H,3,6-9,11-12H2,1-2H3;1H. The Morgan fingerprint density at radius 1 is 1.33 bits per heavy atom. The number of hydrogen-bond acceptors (Lipinski definition) is 3. The number of likely N-dealkylation sites (tertiary alicyclic amines) is 1. The number of rotatable bonds is 6. The van der Waals surface area contributed by atoms with Gasteiger partial charge in [0.1, 0.15) is 5.75 Å². The molecule has 3 nitrogen and oxygen atoms in total. The van der Waals surface area contributed by atoms with Gasteiger partial charge in [-0.3, -0.25) is 4.90 Å². The lowest BCUT2D eigenvalue weighted by Gasteiger charge is -2.32. The van der Waals surface area contributed by atoms with Crippen LogP contribution in [0.3, 0.4) is 0 Å². The summed E-state index contributed by atoms with van der Waals surface area (Å²) in [6.45, 7) is 7.89. The number of halogens is 2. The average molecular weight is 378 g/mol. The van der Waals surface area contributed by atoms with Crippen molar-refractivity contribution in [2.45, 2.75) is 26.3 Å². The van der Waals surface area contributed by atoms with Crippen LogP contribution in [0.5, 0.6) is 5.75 Å². The van der Waals surface area contributed by atoms with Crippen molar-refractivity contribution in [3.8, 4) is 5.75 Å². The molecule has 5 heteroatoms. The normalized spacial score (nSPS) is 16.5. The summed E-state index contributed by atoms with van der Waals surface area (Å²) >= 11 is 3.56. The van der Waals surface area contributed by atoms with Gasteiger partial charge in [0.05, 0.1) is 11.6 Å². The van der Waals surface area contributed by atoms with Gasteiger partial charge in [0.15, 0.2) is 0 Å². The Morgan fingerprint density at radius 3 is 2.62 bits per heavy atom. The second-order valence-corrected chi connectivity index (χ2v) is 6.35. The Kier molecular flexibility index (Phi) is 8.64. The minimum absolute atomic E-state index is 0. The van der Waals surface area contributed by atoms with Gasteiger partial charge in [0.25, 0.3) is 0 Å². The van der Waals surface area contributed by atoms with Crippen LogP contribution < -0.4 is 10.1 Å². The zero-order valence-corrected chi connectivity index (χ0v) is 15.3. The number of benzene rings is 1. The fourth-order valence-corrected chi connectivity index (χ4v) is 3.35. The number of piperidine rings is 1. The molecule has 1 aliphatic heterocycles. The third-order valence-electron chi connectivity index (χ3n) is 4.01. The summed E-state index contributed by atoms with van der Waals surface area (Å²) in [5.41, 5.74) is 1.35. The highest BCUT2D eigenvalue weighted by molar-refractivity contribution is 9.10. The molecule has 21 heavy (non-hydrogen) atoms. The summed E-state index contributed by atoms with van der Waals surface area (Å²) < 4.78 is 6.32. The second kappa shape index (κ2) is 9.67. The fraction of sp³-hybridized carbons (Fsp3) is 0.625. The van der Waals surface area contributed by atoms with Crippen LogP contribution in [-0.2, 0) is 6.54 Å². The van der Waals surface area contributed by atoms with Crippen LogP contribution in [0, 0.1) is 5.92 Å². The van der Waals surface area contributed by atoms with E-state index < -0.39 is 0 Å². The van der Waals surface area contributed by atoms with Gasteiger partial charge in [-0.15, -0.1) is 12.4 Å². The van der Waals surface area contributed by atoms with E-state index in [2.05, 4.69) is 45.2 Å². The first-order valence-electron chi connectivity index (χ1n) is 7.48. The van der Waals surface area contributed by atoms with Gasteiger partial charge >= 0.3 is 0 Å². The first-order valence-corrected chi connectivity index (χ1v) is 8.27. The minimum atomic E-state index is 0. The molecular weight excluding hydrogens is 352 g/mol. The van der Waals surface area contributed by atoms with Gasteiger partial charge < -0.3 is 10.1 Å². The van der Waals surface area contributed by atoms with E-state index in [0.29, 0.717) is 0 Å². The molecule has 0 spiro atoms. The van der Waals surface area contributed by atoms with Crippen LogP contribution in [0.4, 0.5) is 0 Å². The monoisotopic (exact) mass is 376 g/mol. The smallest absolute Gasteiger partial charge is 0.133 e. The molecule has 1 aromatic rings. The van der Waals surface area contributed by atoms with Crippen molar-refractivity contribution in [3.05, 3.63) is 28.2 Å². The van der Waals surface area contributed by atoms with Crippen molar-refractivity contribution in [1.82, 2.24) is 10.2 Å². The van der Waals surface area contributed by atoms with Gasteiger partial charge in [-0.1, -0.05) is 13.0 Å². The molecule has 0 aromatic heterocycles. The summed E-state index contributed by atoms with van der Waals surface area (Å²) in [7, 11) is 1.70. The molecule has 0 radical (unpaired) electrons. The Balaban J connectivity index is 0.00000220. The lowest BCUT2D eigenvalue weighted by Crippen LogP contribution is -2.36. The lowest BCUT2D eigenvalue weighted by atomic mass is 9.96. The Hall–Kier alpha value is -0.290. The summed E-state index contributed by atoms with van der Waals surface area (Å²) in [6.07, 6.45) is 2.62. The maximum absolute atomic E-state index is 5.27. The summed E-state index contributed by atoms with van der Waals surface area (Å²) in [5.74, 6) is 1.76. The number of ether oxygens (including phenoxy) is 1. The molecule has 1 fully saturated rings. The van der Waals surface area contributed by atoms with Gasteiger partial charge in [0, 0.05) is 6.54 Å². The van der Waals surface area contributed by atoms with E-state index in [1.54, 1.807) is 7.11 Å². The van der Waals surface area contributed by atoms with Gasteiger partial charge in [-0.25, -0.2) is 0 Å². The molecule has 2 rings (SSSR count). The molecule has 1 saturated heterocycles. The van der Waals surface area contributed by atoms with Crippen LogP contribution in [0.15, 0.2) is 22.7 Å². The van der Waals surface area contributed by atoms with Crippen LogP contribution in [0.25, 0.3) is 0 Å². The molecule has 1 N–H and O–H groups in total. The molecule has 1 aromatic carbocycles. The molecule has 0 amide bonds. The molecule has 0 unspecified atom stereocenters. The molecule has 0 saturated carbocycles. The van der Waals surface area contributed by atoms with Crippen LogP contribution in [-0.4, -0.2) is 38.2 Å². The molecule has 120 valence electrons. The average Bonchev–Trinajstić information content (AvgIpc) is 2.47. The highest BCUT2D eigenvalue weighted by Crippen LogP contribution is 2.27. The topological polar surface area (TPSA) is 24.5 Å². The van der Waals surface area contributed by atoms with E-state index in [9.17, 15) is 0 Å². The summed E-state index contributed by atoms with van der Waals surface area (Å²) in [6, 6.07) is 6.37. The molecule has 1 heterocycles. The zero-order chi connectivity index (χ0) is 14.4. The van der Waals surface area contributed by atoms with E-state index in [1.165, 1.54) is 38.0 Å². The second-order valence-electron chi connectivity index (χ2n) is 5.50. The van der Waals surface area contributed by atoms with E-state index >= 15 is 0 Å². The molecule has 1 aliphatic rings. The summed E-state index contributed by atoms with van der Waals surface area (Å²) in [4.78, 5) is 2.55. The highest BCUT2D eigenvalue weighted by Gasteiger charge is 2.18. The Labute approximate surface area is 143 Å². The fourth-order valence-electron chi connectivity index (χ4n) is 2.76. The highest BCUT2D eigenvalue weighted by atomic mass is 79.9. The predicted octanol–water partition coefficient (Wildman–Crippen LogP) is 3.70. The van der Waals surface area contributed by atoms with Crippen LogP contribution >= 0.6 is 28.3 Å². The van der Waals surface area contributed by atoms with Crippen molar-refractivity contribution in [1.29, 1.82) is 0 Å². The van der Waals surface area contributed by atoms with Crippen molar-refractivity contribution in [2.75, 3.05) is 33.3 Å². The van der Waals surface area contributed by atoms with E-state index in [-0.39, 0.29) is 12.4 Å². The van der Waals surface area contributed by atoms with Gasteiger partial charge in [0.2, 0.25) is 0 Å². The van der Waals surface area contributed by atoms with E-state index in [0.717, 1.165) is 29.2 Å². The Morgan fingerprint density at radius 2 is 2.05 bits per heavy atom. The largest absolute Gasteiger partial charge is 0.496 e. The molecule has 0 aliphatic carbocycles. The predicted molar refractivity (Wildman–Crippen MR) is 94.5 cm³/mol. The number of nitrogens with zero attached hydrogens (tertiary/aromatic N) is 1. The van der Waals surface area contributed by atoms with E-state index in [1.807, 2.05) is 6.07 Å². The van der Waals surface area contributed by atoms with Crippen molar-refractivity contribution in [2.24, 2.45) is 5.92 Å². The minimum Gasteiger partial charge on any atom is -0.496 e. The maximum Gasteiger partial charge on any atom is 0.133 e. The van der Waals surface area contributed by atoms with Crippen LogP contribution in [0.2, 0.25) is 0 Å². The molecule has 0 bridgehead atoms. The van der Waals surface area contributed by atoms with Crippen molar-refractivity contribution in [3.63, 3.8) is 0 Å². The maximum atomic E-state index is 5.27. The molecule has 0 atom stereocenters.